The molecule has 3 nitrogen and oxygen atoms in total. The van der Waals surface area contributed by atoms with Crippen LogP contribution < -0.4 is 11.1 Å². The Bertz CT molecular complexity index is 532. The van der Waals surface area contributed by atoms with Crippen molar-refractivity contribution in [3.63, 3.8) is 0 Å². The quantitative estimate of drug-likeness (QED) is 0.862. The van der Waals surface area contributed by atoms with Crippen LogP contribution in [0.2, 0.25) is 0 Å². The zero-order valence-electron chi connectivity index (χ0n) is 11.6. The lowest BCUT2D eigenvalue weighted by Gasteiger charge is -2.08. The highest BCUT2D eigenvalue weighted by Crippen LogP contribution is 2.13. The fourth-order valence-corrected chi connectivity index (χ4v) is 1.94. The summed E-state index contributed by atoms with van der Waals surface area (Å²) in [5, 5.41) is 3.32. The van der Waals surface area contributed by atoms with Crippen LogP contribution in [-0.2, 0) is 12.8 Å². The first-order valence-electron chi connectivity index (χ1n) is 6.73. The Balaban J connectivity index is 1.86. The molecule has 0 saturated carbocycles. The Kier molecular flexibility index (Phi) is 4.39. The van der Waals surface area contributed by atoms with Crippen LogP contribution in [-0.4, -0.2) is 11.5 Å². The third-order valence-corrected chi connectivity index (χ3v) is 3.30. The Labute approximate surface area is 114 Å². The van der Waals surface area contributed by atoms with E-state index in [1.54, 1.807) is 6.20 Å². The molecular formula is C16H21N3. The summed E-state index contributed by atoms with van der Waals surface area (Å²) in [6.07, 6.45) is 3.79. The number of hydrogen-bond acceptors (Lipinski definition) is 3. The van der Waals surface area contributed by atoms with E-state index in [-0.39, 0.29) is 0 Å². The molecule has 2 rings (SSSR count). The van der Waals surface area contributed by atoms with Gasteiger partial charge in [0.1, 0.15) is 5.82 Å². The van der Waals surface area contributed by atoms with Gasteiger partial charge in [0.05, 0.1) is 11.9 Å². The lowest BCUT2D eigenvalue weighted by molar-refractivity contribution is 1.00. The van der Waals surface area contributed by atoms with Crippen LogP contribution in [0.4, 0.5) is 11.5 Å². The lowest BCUT2D eigenvalue weighted by Crippen LogP contribution is -2.07. The molecule has 0 aliphatic heterocycles. The fourth-order valence-electron chi connectivity index (χ4n) is 1.94. The van der Waals surface area contributed by atoms with E-state index in [1.165, 1.54) is 11.1 Å². The normalized spacial score (nSPS) is 10.4. The van der Waals surface area contributed by atoms with Crippen LogP contribution in [0, 0.1) is 6.92 Å². The van der Waals surface area contributed by atoms with Gasteiger partial charge >= 0.3 is 0 Å². The molecule has 0 atom stereocenters. The number of anilines is 2. The largest absolute Gasteiger partial charge is 0.397 e. The van der Waals surface area contributed by atoms with E-state index in [2.05, 4.69) is 41.5 Å². The average molecular weight is 255 g/mol. The molecule has 1 aromatic carbocycles. The molecule has 0 amide bonds. The molecule has 3 heteroatoms. The maximum Gasteiger partial charge on any atom is 0.126 e. The van der Waals surface area contributed by atoms with Crippen LogP contribution in [0.1, 0.15) is 23.6 Å². The molecule has 100 valence electrons. The van der Waals surface area contributed by atoms with Crippen molar-refractivity contribution in [2.45, 2.75) is 26.7 Å². The van der Waals surface area contributed by atoms with Crippen molar-refractivity contribution in [2.24, 2.45) is 0 Å². The number of aryl methyl sites for hydroxylation is 2. The molecule has 0 fully saturated rings. The number of nitrogens with zero attached hydrogens (tertiary/aromatic N) is 1. The van der Waals surface area contributed by atoms with Gasteiger partial charge in [-0.3, -0.25) is 0 Å². The van der Waals surface area contributed by atoms with Crippen molar-refractivity contribution in [3.05, 3.63) is 53.2 Å². The highest BCUT2D eigenvalue weighted by molar-refractivity contribution is 5.50. The number of pyridine rings is 1. The minimum Gasteiger partial charge on any atom is -0.397 e. The smallest absolute Gasteiger partial charge is 0.126 e. The van der Waals surface area contributed by atoms with Gasteiger partial charge < -0.3 is 11.1 Å². The van der Waals surface area contributed by atoms with E-state index in [9.17, 15) is 0 Å². The summed E-state index contributed by atoms with van der Waals surface area (Å²) < 4.78 is 0. The molecule has 0 saturated heterocycles. The highest BCUT2D eigenvalue weighted by Gasteiger charge is 1.98. The SMILES string of the molecule is CCc1ccc(CCNc2cc(C)c(N)cn2)cc1. The van der Waals surface area contributed by atoms with Crippen molar-refractivity contribution < 1.29 is 0 Å². The highest BCUT2D eigenvalue weighted by atomic mass is 15.0. The van der Waals surface area contributed by atoms with E-state index < -0.39 is 0 Å². The molecule has 0 bridgehead atoms. The Hall–Kier alpha value is -2.03. The van der Waals surface area contributed by atoms with Crippen LogP contribution in [0.5, 0.6) is 0 Å². The van der Waals surface area contributed by atoms with E-state index in [4.69, 9.17) is 5.73 Å². The second-order valence-electron chi connectivity index (χ2n) is 4.77. The molecule has 1 heterocycles. The molecule has 0 aliphatic rings. The first-order chi connectivity index (χ1) is 9.19. The maximum atomic E-state index is 5.75. The van der Waals surface area contributed by atoms with Gasteiger partial charge in [-0.25, -0.2) is 4.98 Å². The maximum absolute atomic E-state index is 5.75. The standard InChI is InChI=1S/C16H21N3/c1-3-13-4-6-14(7-5-13)8-9-18-16-10-12(2)15(17)11-19-16/h4-7,10-11H,3,8-9,17H2,1-2H3,(H,18,19). The van der Waals surface area contributed by atoms with Gasteiger partial charge in [0.2, 0.25) is 0 Å². The van der Waals surface area contributed by atoms with Gasteiger partial charge in [-0.15, -0.1) is 0 Å². The molecule has 0 aliphatic carbocycles. The minimum absolute atomic E-state index is 0.737. The topological polar surface area (TPSA) is 50.9 Å². The molecule has 3 N–H and O–H groups in total. The van der Waals surface area contributed by atoms with Crippen molar-refractivity contribution in [3.8, 4) is 0 Å². The van der Waals surface area contributed by atoms with Gasteiger partial charge in [0.15, 0.2) is 0 Å². The Morgan fingerprint density at radius 2 is 1.84 bits per heavy atom. The summed E-state index contributed by atoms with van der Waals surface area (Å²) >= 11 is 0. The number of aromatic nitrogens is 1. The fraction of sp³-hybridized carbons (Fsp3) is 0.312. The van der Waals surface area contributed by atoms with Gasteiger partial charge in [-0.05, 0) is 42.5 Å². The number of rotatable bonds is 5. The van der Waals surface area contributed by atoms with Gasteiger partial charge in [-0.1, -0.05) is 31.2 Å². The summed E-state index contributed by atoms with van der Waals surface area (Å²) in [6.45, 7) is 5.04. The van der Waals surface area contributed by atoms with Crippen LogP contribution in [0.15, 0.2) is 36.5 Å². The summed E-state index contributed by atoms with van der Waals surface area (Å²) in [7, 11) is 0. The van der Waals surface area contributed by atoms with E-state index in [1.807, 2.05) is 13.0 Å². The van der Waals surface area contributed by atoms with Crippen LogP contribution in [0.25, 0.3) is 0 Å². The second-order valence-corrected chi connectivity index (χ2v) is 4.77. The van der Waals surface area contributed by atoms with Crippen molar-refractivity contribution in [1.82, 2.24) is 4.98 Å². The average Bonchev–Trinajstić information content (AvgIpc) is 2.43. The van der Waals surface area contributed by atoms with E-state index in [0.717, 1.165) is 36.5 Å². The first-order valence-corrected chi connectivity index (χ1v) is 6.73. The summed E-state index contributed by atoms with van der Waals surface area (Å²) in [6, 6.07) is 10.8. The number of nitrogen functional groups attached to an aromatic ring is 1. The molecule has 2 aromatic rings. The van der Waals surface area contributed by atoms with Crippen molar-refractivity contribution >= 4 is 11.5 Å². The zero-order valence-corrected chi connectivity index (χ0v) is 11.6. The minimum atomic E-state index is 0.737. The molecule has 0 unspecified atom stereocenters. The van der Waals surface area contributed by atoms with E-state index in [0.29, 0.717) is 0 Å². The zero-order chi connectivity index (χ0) is 13.7. The third kappa shape index (κ3) is 3.71. The van der Waals surface area contributed by atoms with Gasteiger partial charge in [0, 0.05) is 6.54 Å². The molecule has 1 aromatic heterocycles. The van der Waals surface area contributed by atoms with Crippen LogP contribution >= 0.6 is 0 Å². The number of nitrogens with one attached hydrogen (secondary N) is 1. The van der Waals surface area contributed by atoms with Gasteiger partial charge in [-0.2, -0.15) is 0 Å². The van der Waals surface area contributed by atoms with Crippen molar-refractivity contribution in [1.29, 1.82) is 0 Å². The lowest BCUT2D eigenvalue weighted by atomic mass is 10.1. The molecule has 19 heavy (non-hydrogen) atoms. The predicted octanol–water partition coefficient (Wildman–Crippen LogP) is 3.19. The van der Waals surface area contributed by atoms with Gasteiger partial charge in [0.25, 0.3) is 0 Å². The first kappa shape index (κ1) is 13.4. The predicted molar refractivity (Wildman–Crippen MR) is 81.4 cm³/mol. The second kappa shape index (κ2) is 6.23. The monoisotopic (exact) mass is 255 g/mol. The number of benzene rings is 1. The van der Waals surface area contributed by atoms with Crippen LogP contribution in [0.3, 0.4) is 0 Å². The van der Waals surface area contributed by atoms with E-state index >= 15 is 0 Å². The summed E-state index contributed by atoms with van der Waals surface area (Å²) in [4.78, 5) is 4.26. The molecular weight excluding hydrogens is 234 g/mol. The summed E-state index contributed by atoms with van der Waals surface area (Å²) in [5.74, 6) is 0.886. The Morgan fingerprint density at radius 3 is 2.47 bits per heavy atom. The third-order valence-electron chi connectivity index (χ3n) is 3.30. The summed E-state index contributed by atoms with van der Waals surface area (Å²) in [5.41, 5.74) is 10.3. The Morgan fingerprint density at radius 1 is 1.16 bits per heavy atom. The number of hydrogen-bond donors (Lipinski definition) is 2. The number of nitrogens with two attached hydrogens (primary N) is 1. The van der Waals surface area contributed by atoms with Crippen molar-refractivity contribution in [2.75, 3.05) is 17.6 Å². The molecule has 0 spiro atoms. The molecule has 0 radical (unpaired) electrons.